The van der Waals surface area contributed by atoms with E-state index in [0.29, 0.717) is 18.7 Å². The van der Waals surface area contributed by atoms with Crippen molar-refractivity contribution in [1.82, 2.24) is 15.1 Å². The van der Waals surface area contributed by atoms with E-state index in [0.717, 1.165) is 28.5 Å². The lowest BCUT2D eigenvalue weighted by Crippen LogP contribution is -2.36. The largest absolute Gasteiger partial charge is 0.497 e. The Labute approximate surface area is 171 Å². The Morgan fingerprint density at radius 3 is 2.31 bits per heavy atom. The standard InChI is InChI=1S/C23H27N3O3/c1-16-13-18(3)26(25-16)14-19-5-7-20(8-6-19)23(27)24-17(2)15-29-22-11-9-21(28-4)10-12-22/h5-13,17H,14-15H2,1-4H3,(H,24,27)/t17-/m1/s1. The van der Waals surface area contributed by atoms with Crippen LogP contribution < -0.4 is 14.8 Å². The number of aryl methyl sites for hydroxylation is 2. The molecule has 0 radical (unpaired) electrons. The van der Waals surface area contributed by atoms with Gasteiger partial charge in [-0.1, -0.05) is 12.1 Å². The highest BCUT2D eigenvalue weighted by Crippen LogP contribution is 2.17. The normalized spacial score (nSPS) is 11.7. The number of carbonyl (C=O) groups excluding carboxylic acids is 1. The summed E-state index contributed by atoms with van der Waals surface area (Å²) in [4.78, 5) is 12.5. The SMILES string of the molecule is COc1ccc(OC[C@@H](C)NC(=O)c2ccc(Cn3nc(C)cc3C)cc2)cc1. The number of hydrogen-bond acceptors (Lipinski definition) is 4. The molecule has 0 spiro atoms. The second-order valence-corrected chi connectivity index (χ2v) is 7.14. The molecule has 0 aliphatic rings. The van der Waals surface area contributed by atoms with E-state index in [9.17, 15) is 4.79 Å². The van der Waals surface area contributed by atoms with Gasteiger partial charge in [-0.15, -0.1) is 0 Å². The van der Waals surface area contributed by atoms with Gasteiger partial charge in [0, 0.05) is 11.3 Å². The van der Waals surface area contributed by atoms with Crippen molar-refractivity contribution >= 4 is 5.91 Å². The Kier molecular flexibility index (Phi) is 6.54. The second kappa shape index (κ2) is 9.28. The van der Waals surface area contributed by atoms with E-state index in [2.05, 4.69) is 16.5 Å². The Morgan fingerprint density at radius 2 is 1.72 bits per heavy atom. The maximum Gasteiger partial charge on any atom is 0.251 e. The van der Waals surface area contributed by atoms with Crippen LogP contribution in [-0.4, -0.2) is 35.4 Å². The number of aromatic nitrogens is 2. The number of carbonyl (C=O) groups is 1. The van der Waals surface area contributed by atoms with Crippen molar-refractivity contribution < 1.29 is 14.3 Å². The highest BCUT2D eigenvalue weighted by Gasteiger charge is 2.11. The minimum atomic E-state index is -0.126. The number of nitrogens with zero attached hydrogens (tertiary/aromatic N) is 2. The first-order valence-electron chi connectivity index (χ1n) is 9.62. The molecule has 1 aromatic heterocycles. The molecule has 1 atom stereocenters. The van der Waals surface area contributed by atoms with Crippen molar-refractivity contribution in [3.05, 3.63) is 77.1 Å². The summed E-state index contributed by atoms with van der Waals surface area (Å²) < 4.78 is 12.8. The summed E-state index contributed by atoms with van der Waals surface area (Å²) in [7, 11) is 1.62. The van der Waals surface area contributed by atoms with Gasteiger partial charge in [-0.25, -0.2) is 0 Å². The van der Waals surface area contributed by atoms with Gasteiger partial charge in [-0.05, 0) is 68.8 Å². The zero-order valence-electron chi connectivity index (χ0n) is 17.3. The molecule has 2 aromatic carbocycles. The molecule has 1 N–H and O–H groups in total. The van der Waals surface area contributed by atoms with Crippen LogP contribution in [0.1, 0.15) is 34.2 Å². The number of nitrogens with one attached hydrogen (secondary N) is 1. The van der Waals surface area contributed by atoms with Gasteiger partial charge >= 0.3 is 0 Å². The summed E-state index contributed by atoms with van der Waals surface area (Å²) >= 11 is 0. The zero-order valence-corrected chi connectivity index (χ0v) is 17.3. The fourth-order valence-electron chi connectivity index (χ4n) is 3.01. The van der Waals surface area contributed by atoms with Crippen molar-refractivity contribution in [1.29, 1.82) is 0 Å². The number of hydrogen-bond donors (Lipinski definition) is 1. The van der Waals surface area contributed by atoms with Crippen molar-refractivity contribution in [3.63, 3.8) is 0 Å². The number of methoxy groups -OCH3 is 1. The molecule has 6 nitrogen and oxygen atoms in total. The van der Waals surface area contributed by atoms with Crippen LogP contribution in [0, 0.1) is 13.8 Å². The van der Waals surface area contributed by atoms with Crippen LogP contribution >= 0.6 is 0 Å². The summed E-state index contributed by atoms with van der Waals surface area (Å²) in [5, 5.41) is 7.44. The van der Waals surface area contributed by atoms with E-state index in [-0.39, 0.29) is 11.9 Å². The van der Waals surface area contributed by atoms with Crippen LogP contribution in [0.4, 0.5) is 0 Å². The Hall–Kier alpha value is -3.28. The van der Waals surface area contributed by atoms with Gasteiger partial charge in [0.25, 0.3) is 5.91 Å². The van der Waals surface area contributed by atoms with Crippen LogP contribution in [0.2, 0.25) is 0 Å². The molecule has 29 heavy (non-hydrogen) atoms. The van der Waals surface area contributed by atoms with E-state index in [1.54, 1.807) is 7.11 Å². The fraction of sp³-hybridized carbons (Fsp3) is 0.304. The molecule has 0 aliphatic carbocycles. The lowest BCUT2D eigenvalue weighted by molar-refractivity contribution is 0.0926. The molecule has 0 saturated heterocycles. The molecule has 152 valence electrons. The van der Waals surface area contributed by atoms with Gasteiger partial charge in [-0.3, -0.25) is 9.48 Å². The van der Waals surface area contributed by atoms with Gasteiger partial charge in [0.05, 0.1) is 25.4 Å². The average molecular weight is 393 g/mol. The molecular weight excluding hydrogens is 366 g/mol. The van der Waals surface area contributed by atoms with Crippen LogP contribution in [0.25, 0.3) is 0 Å². The smallest absolute Gasteiger partial charge is 0.251 e. The second-order valence-electron chi connectivity index (χ2n) is 7.14. The molecule has 1 heterocycles. The summed E-state index contributed by atoms with van der Waals surface area (Å²) in [6.45, 7) is 7.01. The maximum atomic E-state index is 12.5. The summed E-state index contributed by atoms with van der Waals surface area (Å²) in [6.07, 6.45) is 0. The van der Waals surface area contributed by atoms with Crippen LogP contribution in [-0.2, 0) is 6.54 Å². The molecular formula is C23H27N3O3. The van der Waals surface area contributed by atoms with E-state index in [4.69, 9.17) is 9.47 Å². The highest BCUT2D eigenvalue weighted by atomic mass is 16.5. The average Bonchev–Trinajstić information content (AvgIpc) is 3.04. The molecule has 0 unspecified atom stereocenters. The van der Waals surface area contributed by atoms with Crippen molar-refractivity contribution in [2.24, 2.45) is 0 Å². The quantitative estimate of drug-likeness (QED) is 0.633. The van der Waals surface area contributed by atoms with Crippen LogP contribution in [0.5, 0.6) is 11.5 Å². The minimum absolute atomic E-state index is 0.117. The van der Waals surface area contributed by atoms with Crippen molar-refractivity contribution in [3.8, 4) is 11.5 Å². The minimum Gasteiger partial charge on any atom is -0.497 e. The molecule has 0 saturated carbocycles. The molecule has 6 heteroatoms. The lowest BCUT2D eigenvalue weighted by atomic mass is 10.1. The lowest BCUT2D eigenvalue weighted by Gasteiger charge is -2.15. The predicted molar refractivity (Wildman–Crippen MR) is 113 cm³/mol. The summed E-state index contributed by atoms with van der Waals surface area (Å²) in [5.74, 6) is 1.40. The van der Waals surface area contributed by atoms with Gasteiger partial charge in [0.15, 0.2) is 0 Å². The van der Waals surface area contributed by atoms with Crippen LogP contribution in [0.3, 0.4) is 0 Å². The Balaban J connectivity index is 1.51. The van der Waals surface area contributed by atoms with Crippen molar-refractivity contribution in [2.75, 3.05) is 13.7 Å². The van der Waals surface area contributed by atoms with Crippen molar-refractivity contribution in [2.45, 2.75) is 33.4 Å². The third-order valence-electron chi connectivity index (χ3n) is 4.59. The molecule has 3 rings (SSSR count). The van der Waals surface area contributed by atoms with Gasteiger partial charge in [-0.2, -0.15) is 5.10 Å². The zero-order chi connectivity index (χ0) is 20.8. The summed E-state index contributed by atoms with van der Waals surface area (Å²) in [6, 6.07) is 16.9. The monoisotopic (exact) mass is 393 g/mol. The molecule has 0 aliphatic heterocycles. The predicted octanol–water partition coefficient (Wildman–Crippen LogP) is 3.75. The molecule has 0 bridgehead atoms. The van der Waals surface area contributed by atoms with Gasteiger partial charge in [0.2, 0.25) is 0 Å². The molecule has 0 fully saturated rings. The number of benzene rings is 2. The number of ether oxygens (including phenoxy) is 2. The first-order chi connectivity index (χ1) is 13.9. The van der Waals surface area contributed by atoms with E-state index < -0.39 is 0 Å². The fourth-order valence-corrected chi connectivity index (χ4v) is 3.01. The number of amides is 1. The third-order valence-corrected chi connectivity index (χ3v) is 4.59. The van der Waals surface area contributed by atoms with Gasteiger partial charge in [0.1, 0.15) is 18.1 Å². The summed E-state index contributed by atoms with van der Waals surface area (Å²) in [5.41, 5.74) is 3.85. The van der Waals surface area contributed by atoms with Crippen LogP contribution in [0.15, 0.2) is 54.6 Å². The van der Waals surface area contributed by atoms with Gasteiger partial charge < -0.3 is 14.8 Å². The van der Waals surface area contributed by atoms with E-state index in [1.807, 2.05) is 74.0 Å². The number of rotatable bonds is 8. The topological polar surface area (TPSA) is 65.4 Å². The third kappa shape index (κ3) is 5.60. The first kappa shape index (κ1) is 20.5. The Bertz CT molecular complexity index is 947. The maximum absolute atomic E-state index is 12.5. The first-order valence-corrected chi connectivity index (χ1v) is 9.62. The van der Waals surface area contributed by atoms with E-state index in [1.165, 1.54) is 0 Å². The molecule has 1 amide bonds. The molecule has 3 aromatic rings. The van der Waals surface area contributed by atoms with E-state index >= 15 is 0 Å². The highest BCUT2D eigenvalue weighted by molar-refractivity contribution is 5.94. The Morgan fingerprint density at radius 1 is 1.07 bits per heavy atom.